The van der Waals surface area contributed by atoms with Crippen molar-refractivity contribution >= 4 is 16.2 Å². The van der Waals surface area contributed by atoms with E-state index < -0.39 is 22.7 Å². The topological polar surface area (TPSA) is 86.7 Å². The molecule has 0 unspecified atom stereocenters. The van der Waals surface area contributed by atoms with Crippen LogP contribution in [0.25, 0.3) is 0 Å². The van der Waals surface area contributed by atoms with Gasteiger partial charge in [-0.25, -0.2) is 0 Å². The second-order valence-electron chi connectivity index (χ2n) is 4.07. The highest BCUT2D eigenvalue weighted by Crippen LogP contribution is 2.30. The Labute approximate surface area is 88.4 Å². The van der Waals surface area contributed by atoms with Crippen LogP contribution in [0.1, 0.15) is 25.7 Å². The number of nitrogens with one attached hydrogen (secondary N) is 1. The maximum atomic E-state index is 11.7. The molecule has 15 heavy (non-hydrogen) atoms. The van der Waals surface area contributed by atoms with Gasteiger partial charge < -0.3 is 5.11 Å². The molecule has 0 amide bonds. The second kappa shape index (κ2) is 3.73. The van der Waals surface area contributed by atoms with Gasteiger partial charge in [-0.15, -0.1) is 0 Å². The van der Waals surface area contributed by atoms with Gasteiger partial charge in [0.25, 0.3) is 10.2 Å². The van der Waals surface area contributed by atoms with Gasteiger partial charge in [-0.3, -0.25) is 4.79 Å². The van der Waals surface area contributed by atoms with E-state index in [1.807, 2.05) is 0 Å². The molecule has 2 N–H and O–H groups in total. The summed E-state index contributed by atoms with van der Waals surface area (Å²) in [5.74, 6) is -1.11. The van der Waals surface area contributed by atoms with Gasteiger partial charge in [0.2, 0.25) is 0 Å². The Morgan fingerprint density at radius 1 is 1.33 bits per heavy atom. The van der Waals surface area contributed by atoms with Crippen LogP contribution < -0.4 is 4.72 Å². The molecule has 2 aliphatic carbocycles. The quantitative estimate of drug-likeness (QED) is 0.650. The number of aliphatic carboxylic acids is 1. The number of nitrogens with zero attached hydrogens (tertiary/aromatic N) is 1. The van der Waals surface area contributed by atoms with E-state index in [-0.39, 0.29) is 12.1 Å². The zero-order valence-electron chi connectivity index (χ0n) is 8.22. The van der Waals surface area contributed by atoms with Gasteiger partial charge in [0.15, 0.2) is 0 Å². The molecule has 0 saturated heterocycles. The number of hydrogen-bond donors (Lipinski definition) is 2. The highest BCUT2D eigenvalue weighted by Gasteiger charge is 2.40. The minimum Gasteiger partial charge on any atom is -0.480 e. The van der Waals surface area contributed by atoms with E-state index in [0.29, 0.717) is 0 Å². The fourth-order valence-corrected chi connectivity index (χ4v) is 3.06. The standard InChI is InChI=1S/C8H14N2O4S/c11-8(12)5-10(7-3-4-7)15(13,14)9-6-1-2-6/h6-7,9H,1-5H2,(H,11,12). The minimum atomic E-state index is -3.59. The summed E-state index contributed by atoms with van der Waals surface area (Å²) in [6, 6.07) is -0.0950. The molecule has 0 bridgehead atoms. The summed E-state index contributed by atoms with van der Waals surface area (Å²) < 4.78 is 27.1. The molecular weight excluding hydrogens is 220 g/mol. The Morgan fingerprint density at radius 3 is 2.33 bits per heavy atom. The molecule has 7 heteroatoms. The van der Waals surface area contributed by atoms with E-state index in [9.17, 15) is 13.2 Å². The first-order valence-corrected chi connectivity index (χ1v) is 6.44. The van der Waals surface area contributed by atoms with E-state index >= 15 is 0 Å². The number of carboxylic acid groups (broad SMARTS) is 1. The highest BCUT2D eigenvalue weighted by molar-refractivity contribution is 7.87. The summed E-state index contributed by atoms with van der Waals surface area (Å²) in [5.41, 5.74) is 0. The smallest absolute Gasteiger partial charge is 0.318 e. The van der Waals surface area contributed by atoms with E-state index in [0.717, 1.165) is 30.0 Å². The van der Waals surface area contributed by atoms with Crippen LogP contribution in [0.4, 0.5) is 0 Å². The van der Waals surface area contributed by atoms with E-state index in [4.69, 9.17) is 5.11 Å². The lowest BCUT2D eigenvalue weighted by atomic mass is 10.6. The molecule has 2 saturated carbocycles. The van der Waals surface area contributed by atoms with Crippen molar-refractivity contribution in [2.45, 2.75) is 37.8 Å². The molecule has 0 spiro atoms. The van der Waals surface area contributed by atoms with Gasteiger partial charge in [-0.05, 0) is 25.7 Å². The third kappa shape index (κ3) is 2.90. The van der Waals surface area contributed by atoms with Gasteiger partial charge in [0, 0.05) is 12.1 Å². The fraction of sp³-hybridized carbons (Fsp3) is 0.875. The molecule has 0 aromatic rings. The number of carbonyl (C=O) groups is 1. The number of carboxylic acids is 1. The number of hydrogen-bond acceptors (Lipinski definition) is 3. The Balaban J connectivity index is 2.04. The van der Waals surface area contributed by atoms with Crippen molar-refractivity contribution in [2.24, 2.45) is 0 Å². The minimum absolute atomic E-state index is 0.0186. The molecule has 2 rings (SSSR count). The van der Waals surface area contributed by atoms with E-state index in [2.05, 4.69) is 4.72 Å². The Bertz CT molecular complexity index is 359. The van der Waals surface area contributed by atoms with Gasteiger partial charge in [-0.2, -0.15) is 17.4 Å². The molecule has 0 radical (unpaired) electrons. The van der Waals surface area contributed by atoms with Gasteiger partial charge in [0.1, 0.15) is 6.54 Å². The predicted molar refractivity (Wildman–Crippen MR) is 52.4 cm³/mol. The van der Waals surface area contributed by atoms with Gasteiger partial charge in [-0.1, -0.05) is 0 Å². The lowest BCUT2D eigenvalue weighted by Crippen LogP contribution is -2.45. The van der Waals surface area contributed by atoms with Crippen molar-refractivity contribution in [3.8, 4) is 0 Å². The molecule has 2 fully saturated rings. The Kier molecular flexibility index (Phi) is 2.70. The van der Waals surface area contributed by atoms with Gasteiger partial charge >= 0.3 is 5.97 Å². The van der Waals surface area contributed by atoms with Crippen molar-refractivity contribution in [1.82, 2.24) is 9.03 Å². The van der Waals surface area contributed by atoms with E-state index in [1.165, 1.54) is 0 Å². The van der Waals surface area contributed by atoms with Crippen molar-refractivity contribution in [3.63, 3.8) is 0 Å². The normalized spacial score (nSPS) is 21.9. The molecule has 6 nitrogen and oxygen atoms in total. The largest absolute Gasteiger partial charge is 0.480 e. The zero-order valence-corrected chi connectivity index (χ0v) is 9.03. The average molecular weight is 234 g/mol. The van der Waals surface area contributed by atoms with Crippen molar-refractivity contribution < 1.29 is 18.3 Å². The van der Waals surface area contributed by atoms with Crippen LogP contribution in [0.5, 0.6) is 0 Å². The van der Waals surface area contributed by atoms with Crippen molar-refractivity contribution in [2.75, 3.05) is 6.54 Å². The first-order valence-electron chi connectivity index (χ1n) is 5.00. The average Bonchev–Trinajstić information content (AvgIpc) is 2.92. The van der Waals surface area contributed by atoms with Crippen LogP contribution in [0.2, 0.25) is 0 Å². The van der Waals surface area contributed by atoms with Gasteiger partial charge in [0.05, 0.1) is 0 Å². The predicted octanol–water partition coefficient (Wildman–Crippen LogP) is -0.468. The maximum absolute atomic E-state index is 11.7. The lowest BCUT2D eigenvalue weighted by molar-refractivity contribution is -0.137. The van der Waals surface area contributed by atoms with E-state index in [1.54, 1.807) is 0 Å². The molecule has 0 aromatic carbocycles. The van der Waals surface area contributed by atoms with Crippen LogP contribution >= 0.6 is 0 Å². The van der Waals surface area contributed by atoms with Crippen LogP contribution in [0.3, 0.4) is 0 Å². The monoisotopic (exact) mass is 234 g/mol. The summed E-state index contributed by atoms with van der Waals surface area (Å²) in [5, 5.41) is 8.64. The highest BCUT2D eigenvalue weighted by atomic mass is 32.2. The Morgan fingerprint density at radius 2 is 1.93 bits per heavy atom. The SMILES string of the molecule is O=C(O)CN(C1CC1)S(=O)(=O)NC1CC1. The zero-order chi connectivity index (χ0) is 11.1. The van der Waals surface area contributed by atoms with Crippen LogP contribution in [-0.4, -0.2) is 42.4 Å². The molecule has 0 atom stereocenters. The van der Waals surface area contributed by atoms with Crippen molar-refractivity contribution in [1.29, 1.82) is 0 Å². The summed E-state index contributed by atoms with van der Waals surface area (Å²) >= 11 is 0. The molecule has 0 aliphatic heterocycles. The summed E-state index contributed by atoms with van der Waals surface area (Å²) in [4.78, 5) is 10.6. The summed E-state index contributed by atoms with van der Waals surface area (Å²) in [6.07, 6.45) is 3.23. The fourth-order valence-electron chi connectivity index (χ4n) is 1.39. The molecule has 86 valence electrons. The Hall–Kier alpha value is -0.660. The molecular formula is C8H14N2O4S. The summed E-state index contributed by atoms with van der Waals surface area (Å²) in [7, 11) is -3.59. The van der Waals surface area contributed by atoms with Crippen LogP contribution in [0.15, 0.2) is 0 Å². The second-order valence-corrected chi connectivity index (χ2v) is 5.72. The van der Waals surface area contributed by atoms with Crippen molar-refractivity contribution in [3.05, 3.63) is 0 Å². The lowest BCUT2D eigenvalue weighted by Gasteiger charge is -2.19. The molecule has 2 aliphatic rings. The molecule has 0 aromatic heterocycles. The summed E-state index contributed by atoms with van der Waals surface area (Å²) in [6.45, 7) is -0.438. The maximum Gasteiger partial charge on any atom is 0.318 e. The third-order valence-electron chi connectivity index (χ3n) is 2.45. The van der Waals surface area contributed by atoms with Crippen LogP contribution in [0, 0.1) is 0 Å². The third-order valence-corrected chi connectivity index (χ3v) is 4.12. The first kappa shape index (κ1) is 10.8. The van der Waals surface area contributed by atoms with Crippen LogP contribution in [-0.2, 0) is 15.0 Å². The first-order chi connectivity index (χ1) is 6.99. The molecule has 0 heterocycles. The number of rotatable bonds is 6.